The van der Waals surface area contributed by atoms with Crippen molar-refractivity contribution in [2.75, 3.05) is 45.7 Å². The number of ether oxygens (including phenoxy) is 4. The van der Waals surface area contributed by atoms with Gasteiger partial charge >= 0.3 is 0 Å². The molecule has 7 nitrogen and oxygen atoms in total. The zero-order valence-corrected chi connectivity index (χ0v) is 15.4. The lowest BCUT2D eigenvalue weighted by Crippen LogP contribution is -2.09. The molecule has 0 bridgehead atoms. The highest BCUT2D eigenvalue weighted by Crippen LogP contribution is 2.35. The molecular formula is C20H21ClFN3O4. The van der Waals surface area contributed by atoms with Crippen LogP contribution < -0.4 is 14.8 Å². The number of hydrogen-bond acceptors (Lipinski definition) is 7. The Hall–Kier alpha value is -2.68. The van der Waals surface area contributed by atoms with Crippen LogP contribution >= 0.6 is 11.6 Å². The van der Waals surface area contributed by atoms with E-state index in [0.29, 0.717) is 5.69 Å². The summed E-state index contributed by atoms with van der Waals surface area (Å²) in [7, 11) is -6.13. The van der Waals surface area contributed by atoms with Gasteiger partial charge in [0.25, 0.3) is 0 Å². The lowest BCUT2D eigenvalue weighted by molar-refractivity contribution is 0.132. The molecule has 0 aliphatic rings. The molecule has 29 heavy (non-hydrogen) atoms. The van der Waals surface area contributed by atoms with Gasteiger partial charge in [-0.15, -0.1) is 0 Å². The van der Waals surface area contributed by atoms with E-state index in [2.05, 4.69) is 24.8 Å². The molecule has 3 rings (SSSR count). The van der Waals surface area contributed by atoms with Crippen molar-refractivity contribution in [2.45, 2.75) is 0 Å². The molecule has 0 aliphatic carbocycles. The summed E-state index contributed by atoms with van der Waals surface area (Å²) in [6.07, 6.45) is 1.18. The normalized spacial score (nSPS) is 17.9. The molecule has 154 valence electrons. The van der Waals surface area contributed by atoms with Crippen LogP contribution in [0.3, 0.4) is 0 Å². The van der Waals surface area contributed by atoms with Gasteiger partial charge in [0, 0.05) is 31.2 Å². The van der Waals surface area contributed by atoms with Crippen molar-refractivity contribution in [2.24, 2.45) is 0 Å². The van der Waals surface area contributed by atoms with Crippen molar-refractivity contribution < 1.29 is 37.0 Å². The van der Waals surface area contributed by atoms with Crippen LogP contribution in [-0.2, 0) is 9.47 Å². The average Bonchev–Trinajstić information content (AvgIpc) is 2.76. The summed E-state index contributed by atoms with van der Waals surface area (Å²) >= 11 is 5.84. The van der Waals surface area contributed by atoms with Crippen LogP contribution in [0.5, 0.6) is 11.5 Å². The number of nitrogens with one attached hydrogen (secondary N) is 1. The number of halogens is 2. The van der Waals surface area contributed by atoms with Crippen molar-refractivity contribution >= 4 is 34.0 Å². The zero-order valence-electron chi connectivity index (χ0n) is 24.7. The molecular weight excluding hydrogens is 401 g/mol. The van der Waals surface area contributed by atoms with E-state index in [1.807, 2.05) is 0 Å². The molecule has 0 radical (unpaired) electrons. The van der Waals surface area contributed by atoms with E-state index < -0.39 is 46.2 Å². The number of benzene rings is 2. The van der Waals surface area contributed by atoms with Gasteiger partial charge in [-0.2, -0.15) is 0 Å². The molecule has 0 atom stereocenters. The minimum Gasteiger partial charge on any atom is -0.487 e. The number of rotatable bonds is 10. The van der Waals surface area contributed by atoms with E-state index in [1.54, 1.807) is 0 Å². The Morgan fingerprint density at radius 2 is 1.79 bits per heavy atom. The van der Waals surface area contributed by atoms with Gasteiger partial charge in [0.2, 0.25) is 0 Å². The molecule has 1 aromatic heterocycles. The largest absolute Gasteiger partial charge is 0.487 e. The third kappa shape index (κ3) is 5.44. The molecule has 9 heteroatoms. The molecule has 0 amide bonds. The Morgan fingerprint density at radius 3 is 2.48 bits per heavy atom. The van der Waals surface area contributed by atoms with Crippen molar-refractivity contribution in [3.63, 3.8) is 0 Å². The highest BCUT2D eigenvalue weighted by molar-refractivity contribution is 6.31. The van der Waals surface area contributed by atoms with Crippen LogP contribution in [0.4, 0.5) is 15.9 Å². The van der Waals surface area contributed by atoms with Crippen molar-refractivity contribution in [1.82, 2.24) is 9.97 Å². The lowest BCUT2D eigenvalue weighted by atomic mass is 10.2. The Labute approximate surface area is 186 Å². The van der Waals surface area contributed by atoms with Gasteiger partial charge < -0.3 is 24.3 Å². The molecule has 3 aromatic rings. The maximum absolute atomic E-state index is 13.6. The number of fused-ring (bicyclic) bond motifs is 1. The van der Waals surface area contributed by atoms with Gasteiger partial charge in [0.1, 0.15) is 31.2 Å². The van der Waals surface area contributed by atoms with Gasteiger partial charge in [0.15, 0.2) is 11.5 Å². The number of anilines is 2. The average molecular weight is 432 g/mol. The van der Waals surface area contributed by atoms with Gasteiger partial charge in [0.05, 0.1) is 37.4 Å². The molecule has 1 heterocycles. The topological polar surface area (TPSA) is 74.7 Å². The maximum atomic E-state index is 13.6. The van der Waals surface area contributed by atoms with E-state index >= 15 is 0 Å². The first-order valence-electron chi connectivity index (χ1n) is 13.0. The highest BCUT2D eigenvalue weighted by Gasteiger charge is 2.13. The summed E-state index contributed by atoms with van der Waals surface area (Å²) < 4.78 is 107. The van der Waals surface area contributed by atoms with E-state index in [9.17, 15) is 4.39 Å². The molecule has 0 fully saturated rings. The molecule has 0 spiro atoms. The van der Waals surface area contributed by atoms with Crippen molar-refractivity contribution in [3.8, 4) is 11.5 Å². The minimum absolute atomic E-state index is 0.150. The predicted molar refractivity (Wildman–Crippen MR) is 109 cm³/mol. The number of hydrogen-bond donors (Lipinski definition) is 1. The van der Waals surface area contributed by atoms with E-state index in [0.717, 1.165) is 6.07 Å². The second-order valence-electron chi connectivity index (χ2n) is 5.36. The van der Waals surface area contributed by atoms with Crippen LogP contribution in [0, 0.1) is 5.82 Å². The summed E-state index contributed by atoms with van der Waals surface area (Å²) in [5.74, 6) is -0.884. The smallest absolute Gasteiger partial charge is 0.163 e. The summed E-state index contributed by atoms with van der Waals surface area (Å²) in [6.45, 7) is -7.40. The Morgan fingerprint density at radius 1 is 1.07 bits per heavy atom. The molecule has 2 aromatic carbocycles. The molecule has 0 aliphatic heterocycles. The Bertz CT molecular complexity index is 1330. The van der Waals surface area contributed by atoms with E-state index in [-0.39, 0.29) is 33.2 Å². The summed E-state index contributed by atoms with van der Waals surface area (Å²) in [5.41, 5.74) is 0.587. The minimum atomic E-state index is -3.07. The first-order chi connectivity index (χ1) is 17.8. The van der Waals surface area contributed by atoms with Crippen molar-refractivity contribution in [3.05, 3.63) is 47.5 Å². The second-order valence-corrected chi connectivity index (χ2v) is 5.77. The van der Waals surface area contributed by atoms with Crippen molar-refractivity contribution in [1.29, 1.82) is 0 Å². The summed E-state index contributed by atoms with van der Waals surface area (Å²) in [5, 5.41) is 3.06. The van der Waals surface area contributed by atoms with Crippen LogP contribution in [0.15, 0.2) is 36.7 Å². The second kappa shape index (κ2) is 10.2. The lowest BCUT2D eigenvalue weighted by Gasteiger charge is -2.15. The van der Waals surface area contributed by atoms with Gasteiger partial charge in [-0.1, -0.05) is 11.6 Å². The first-order valence-corrected chi connectivity index (χ1v) is 8.37. The fourth-order valence-corrected chi connectivity index (χ4v) is 2.55. The summed E-state index contributed by atoms with van der Waals surface area (Å²) in [4.78, 5) is 8.25. The number of aromatic nitrogens is 2. The molecule has 0 saturated carbocycles. The Kier molecular flexibility index (Phi) is 4.04. The maximum Gasteiger partial charge on any atom is 0.163 e. The zero-order chi connectivity index (χ0) is 29.2. The predicted octanol–water partition coefficient (Wildman–Crippen LogP) is 4.22. The van der Waals surface area contributed by atoms with E-state index in [1.165, 1.54) is 30.6 Å². The van der Waals surface area contributed by atoms with Gasteiger partial charge in [-0.3, -0.25) is 0 Å². The van der Waals surface area contributed by atoms with Crippen LogP contribution in [0.2, 0.25) is 5.02 Å². The van der Waals surface area contributed by atoms with E-state index in [4.69, 9.17) is 34.8 Å². The molecule has 1 N–H and O–H groups in total. The third-order valence-corrected chi connectivity index (χ3v) is 3.89. The number of nitrogens with zero attached hydrogens (tertiary/aromatic N) is 2. The molecule has 0 saturated heterocycles. The number of methoxy groups -OCH3 is 2. The van der Waals surface area contributed by atoms with Crippen LogP contribution in [-0.4, -0.2) is 50.4 Å². The first kappa shape index (κ1) is 11.5. The monoisotopic (exact) mass is 431 g/mol. The summed E-state index contributed by atoms with van der Waals surface area (Å²) in [6, 6.07) is 6.42. The third-order valence-electron chi connectivity index (χ3n) is 3.60. The highest BCUT2D eigenvalue weighted by atomic mass is 35.5. The van der Waals surface area contributed by atoms with Crippen LogP contribution in [0.25, 0.3) is 10.9 Å². The quantitative estimate of drug-likeness (QED) is 0.515. The fourth-order valence-electron chi connectivity index (χ4n) is 2.37. The van der Waals surface area contributed by atoms with Gasteiger partial charge in [-0.05, 0) is 24.3 Å². The standard InChI is InChI=1S/C20H21ClFN3O4/c1-26-5-7-28-18-10-14-17(11-19(18)29-8-6-27-2)23-12-24-20(14)25-13-3-4-16(22)15(21)9-13/h3-4,9-12H,5-8H2,1-2H3,(H,23,24,25)/i1D3,2D3,5D2,6D2. The Balaban J connectivity index is 1.99. The molecule has 0 unspecified atom stereocenters. The SMILES string of the molecule is [2H]C([2H])([2H])OC([2H])([2H])COc1cc2ncnc(Nc3ccc(F)c(Cl)c3)c2cc1OCC([2H])([2H])OC([2H])([2H])[2H]. The van der Waals surface area contributed by atoms with Crippen LogP contribution in [0.1, 0.15) is 13.7 Å². The van der Waals surface area contributed by atoms with Gasteiger partial charge in [-0.25, -0.2) is 14.4 Å². The fraction of sp³-hybridized carbons (Fsp3) is 0.300.